The lowest BCUT2D eigenvalue weighted by molar-refractivity contribution is -0.388. The lowest BCUT2D eigenvalue weighted by Gasteiger charge is -2.32. The van der Waals surface area contributed by atoms with Gasteiger partial charge >= 0.3 is 47.9 Å². The van der Waals surface area contributed by atoms with Crippen LogP contribution in [0, 0.1) is 0 Å². The number of amides is 2. The quantitative estimate of drug-likeness (QED) is 0.182. The smallest absolute Gasteiger partial charge is 0.351 e. The Hall–Kier alpha value is -2.32. The second-order valence-corrected chi connectivity index (χ2v) is 7.72. The monoisotopic (exact) mass is 622 g/mol. The highest BCUT2D eigenvalue weighted by atomic mass is 19.4. The fourth-order valence-corrected chi connectivity index (χ4v) is 2.44. The molecule has 0 aromatic rings. The third kappa shape index (κ3) is 7.07. The largest absolute Gasteiger partial charge is 0.460 e. The Morgan fingerprint density at radius 2 is 0.615 bits per heavy atom. The maximum Gasteiger partial charge on any atom is 0.460 e. The zero-order chi connectivity index (χ0) is 31.5. The van der Waals surface area contributed by atoms with Crippen molar-refractivity contribution in [3.05, 3.63) is 0 Å². The van der Waals surface area contributed by atoms with Crippen molar-refractivity contribution in [3.8, 4) is 0 Å². The van der Waals surface area contributed by atoms with Crippen molar-refractivity contribution >= 4 is 11.8 Å². The molecule has 0 atom stereocenters. The van der Waals surface area contributed by atoms with E-state index in [1.807, 2.05) is 0 Å². The summed E-state index contributed by atoms with van der Waals surface area (Å²) in [6, 6.07) is 0. The third-order valence-corrected chi connectivity index (χ3v) is 4.78. The van der Waals surface area contributed by atoms with Crippen LogP contribution in [-0.2, 0) is 9.59 Å². The number of rotatable bonds is 14. The van der Waals surface area contributed by atoms with Crippen molar-refractivity contribution in [1.82, 2.24) is 10.6 Å². The Morgan fingerprint density at radius 1 is 0.385 bits per heavy atom. The van der Waals surface area contributed by atoms with Crippen LogP contribution in [0.15, 0.2) is 0 Å². The lowest BCUT2D eigenvalue weighted by Crippen LogP contribution is -2.65. The lowest BCUT2D eigenvalue weighted by atomic mass is 10.0. The van der Waals surface area contributed by atoms with Crippen LogP contribution in [0.4, 0.5) is 79.0 Å². The number of halogens is 18. The molecular formula is C17H16F18N2O2. The Labute approximate surface area is 205 Å². The van der Waals surface area contributed by atoms with Crippen molar-refractivity contribution in [2.45, 2.75) is 80.0 Å². The van der Waals surface area contributed by atoms with Gasteiger partial charge in [-0.2, -0.15) is 79.0 Å². The fraction of sp³-hybridized carbons (Fsp3) is 0.882. The molecule has 232 valence electrons. The number of carbonyl (C=O) groups excluding carboxylic acids is 2. The molecular weight excluding hydrogens is 606 g/mol. The normalized spacial score (nSPS) is 14.8. The Morgan fingerprint density at radius 3 is 0.846 bits per heavy atom. The fourth-order valence-electron chi connectivity index (χ4n) is 2.44. The average Bonchev–Trinajstić information content (AvgIpc) is 2.75. The highest BCUT2D eigenvalue weighted by molar-refractivity contribution is 5.85. The molecule has 0 fully saturated rings. The molecule has 0 spiro atoms. The second kappa shape index (κ2) is 11.7. The SMILES string of the molecule is O=C(NCCCCCCCNC(=O)C(F)(F)C(F)(F)C(F)(F)C(F)(F)F)C(F)(F)C(F)(F)C(F)(F)C(F)(F)F. The molecule has 22 heteroatoms. The first kappa shape index (κ1) is 36.7. The molecule has 0 aromatic heterocycles. The van der Waals surface area contributed by atoms with Crippen LogP contribution in [0.3, 0.4) is 0 Å². The molecule has 0 aliphatic heterocycles. The summed E-state index contributed by atoms with van der Waals surface area (Å²) in [6.07, 6.45) is -15.5. The van der Waals surface area contributed by atoms with Gasteiger partial charge in [-0.1, -0.05) is 19.3 Å². The zero-order valence-corrected chi connectivity index (χ0v) is 18.6. The second-order valence-electron chi connectivity index (χ2n) is 7.72. The summed E-state index contributed by atoms with van der Waals surface area (Å²) in [5, 5.41) is 2.00. The van der Waals surface area contributed by atoms with Gasteiger partial charge in [0.15, 0.2) is 0 Å². The van der Waals surface area contributed by atoms with Gasteiger partial charge in [0.25, 0.3) is 11.8 Å². The first-order valence-electron chi connectivity index (χ1n) is 10.0. The van der Waals surface area contributed by atoms with E-state index >= 15 is 0 Å². The molecule has 2 amide bonds. The number of hydrogen-bond acceptors (Lipinski definition) is 2. The van der Waals surface area contributed by atoms with Crippen LogP contribution in [-0.4, -0.2) is 72.8 Å². The molecule has 2 N–H and O–H groups in total. The van der Waals surface area contributed by atoms with Crippen LogP contribution in [0.25, 0.3) is 0 Å². The van der Waals surface area contributed by atoms with Gasteiger partial charge in [-0.05, 0) is 12.8 Å². The molecule has 0 bridgehead atoms. The van der Waals surface area contributed by atoms with Gasteiger partial charge in [0, 0.05) is 13.1 Å². The molecule has 0 saturated carbocycles. The van der Waals surface area contributed by atoms with Crippen molar-refractivity contribution < 1.29 is 88.6 Å². The van der Waals surface area contributed by atoms with E-state index in [9.17, 15) is 88.6 Å². The van der Waals surface area contributed by atoms with Crippen LogP contribution in [0.2, 0.25) is 0 Å². The molecule has 0 unspecified atom stereocenters. The van der Waals surface area contributed by atoms with Crippen molar-refractivity contribution in [2.24, 2.45) is 0 Å². The molecule has 0 saturated heterocycles. The van der Waals surface area contributed by atoms with Crippen molar-refractivity contribution in [3.63, 3.8) is 0 Å². The highest BCUT2D eigenvalue weighted by Gasteiger charge is 2.84. The maximum atomic E-state index is 13.3. The van der Waals surface area contributed by atoms with Gasteiger partial charge in [0.2, 0.25) is 0 Å². The Kier molecular flexibility index (Phi) is 11.0. The van der Waals surface area contributed by atoms with Gasteiger partial charge in [-0.15, -0.1) is 0 Å². The zero-order valence-electron chi connectivity index (χ0n) is 18.6. The van der Waals surface area contributed by atoms with Crippen LogP contribution in [0.5, 0.6) is 0 Å². The number of hydrogen-bond donors (Lipinski definition) is 2. The molecule has 0 heterocycles. The standard InChI is InChI=1S/C17H16F18N2O2/c18-10(19,12(22,23)14(26,27)16(30,31)32)8(38)36-6-4-2-1-3-5-7-37-9(39)11(20,21)13(24,25)15(28,29)17(33,34)35/h1-7H2,(H,36,38)(H,37,39). The summed E-state index contributed by atoms with van der Waals surface area (Å²) in [5.41, 5.74) is 0. The van der Waals surface area contributed by atoms with Crippen LogP contribution in [0.1, 0.15) is 32.1 Å². The average molecular weight is 622 g/mol. The predicted octanol–water partition coefficient (Wildman–Crippen LogP) is 6.11. The molecule has 0 aliphatic carbocycles. The number of carbonyl (C=O) groups is 2. The predicted molar refractivity (Wildman–Crippen MR) is 90.9 cm³/mol. The molecule has 0 rings (SSSR count). The van der Waals surface area contributed by atoms with Crippen molar-refractivity contribution in [1.29, 1.82) is 0 Å². The minimum absolute atomic E-state index is 0.0941. The van der Waals surface area contributed by atoms with Crippen LogP contribution >= 0.6 is 0 Å². The summed E-state index contributed by atoms with van der Waals surface area (Å²) in [4.78, 5) is 22.2. The van der Waals surface area contributed by atoms with E-state index in [1.165, 1.54) is 0 Å². The van der Waals surface area contributed by atoms with E-state index in [4.69, 9.17) is 0 Å². The highest BCUT2D eigenvalue weighted by Crippen LogP contribution is 2.54. The Balaban J connectivity index is 4.61. The van der Waals surface area contributed by atoms with Gasteiger partial charge < -0.3 is 10.6 Å². The van der Waals surface area contributed by atoms with Crippen molar-refractivity contribution in [2.75, 3.05) is 13.1 Å². The third-order valence-electron chi connectivity index (χ3n) is 4.78. The van der Waals surface area contributed by atoms with E-state index < -0.39 is 85.6 Å². The first-order valence-corrected chi connectivity index (χ1v) is 10.0. The summed E-state index contributed by atoms with van der Waals surface area (Å²) < 4.78 is 228. The Bertz CT molecular complexity index is 782. The molecule has 0 radical (unpaired) electrons. The van der Waals surface area contributed by atoms with Gasteiger partial charge in [-0.25, -0.2) is 0 Å². The maximum absolute atomic E-state index is 13.3. The van der Waals surface area contributed by atoms with Gasteiger partial charge in [-0.3, -0.25) is 9.59 Å². The minimum atomic E-state index is -7.28. The molecule has 39 heavy (non-hydrogen) atoms. The van der Waals surface area contributed by atoms with E-state index in [1.54, 1.807) is 0 Å². The van der Waals surface area contributed by atoms with E-state index in [-0.39, 0.29) is 19.3 Å². The van der Waals surface area contributed by atoms with Gasteiger partial charge in [0.1, 0.15) is 0 Å². The topological polar surface area (TPSA) is 58.2 Å². The number of unbranched alkanes of at least 4 members (excludes halogenated alkanes) is 4. The summed E-state index contributed by atoms with van der Waals surface area (Å²) >= 11 is 0. The molecule has 0 aliphatic rings. The first-order chi connectivity index (χ1) is 17.0. The summed E-state index contributed by atoms with van der Waals surface area (Å²) in [6.45, 7) is -1.93. The van der Waals surface area contributed by atoms with E-state index in [2.05, 4.69) is 0 Å². The summed E-state index contributed by atoms with van der Waals surface area (Å²) in [5.74, 6) is -48.3. The van der Waals surface area contributed by atoms with Crippen LogP contribution < -0.4 is 10.6 Å². The number of alkyl halides is 18. The van der Waals surface area contributed by atoms with E-state index in [0.29, 0.717) is 0 Å². The number of nitrogens with one attached hydrogen (secondary N) is 2. The minimum Gasteiger partial charge on any atom is -0.351 e. The molecule has 0 aromatic carbocycles. The van der Waals surface area contributed by atoms with Gasteiger partial charge in [0.05, 0.1) is 0 Å². The summed E-state index contributed by atoms with van der Waals surface area (Å²) in [7, 11) is 0. The molecule has 4 nitrogen and oxygen atoms in total. The van der Waals surface area contributed by atoms with E-state index in [0.717, 1.165) is 10.6 Å².